The van der Waals surface area contributed by atoms with Gasteiger partial charge < -0.3 is 10.1 Å². The van der Waals surface area contributed by atoms with E-state index in [1.807, 2.05) is 0 Å². The standard InChI is InChI=1S/C8H15F2NO.ClH/c1-12-7(8(9)10)6-2-4-11-5-3-6;/h6-8,11H,2-5H2,1H3;1H. The van der Waals surface area contributed by atoms with Crippen LogP contribution in [0.2, 0.25) is 0 Å². The molecule has 13 heavy (non-hydrogen) atoms. The third kappa shape index (κ3) is 3.75. The van der Waals surface area contributed by atoms with Crippen LogP contribution in [-0.4, -0.2) is 32.7 Å². The Bertz CT molecular complexity index is 131. The Hall–Kier alpha value is 0.0700. The number of nitrogens with one attached hydrogen (secondary N) is 1. The van der Waals surface area contributed by atoms with Crippen molar-refractivity contribution >= 4 is 12.4 Å². The van der Waals surface area contributed by atoms with Gasteiger partial charge in [0.05, 0.1) is 0 Å². The van der Waals surface area contributed by atoms with Crippen LogP contribution in [0.5, 0.6) is 0 Å². The van der Waals surface area contributed by atoms with Crippen LogP contribution < -0.4 is 5.32 Å². The molecule has 0 saturated carbocycles. The first-order valence-electron chi connectivity index (χ1n) is 4.27. The average molecular weight is 216 g/mol. The van der Waals surface area contributed by atoms with Crippen molar-refractivity contribution < 1.29 is 13.5 Å². The van der Waals surface area contributed by atoms with Crippen molar-refractivity contribution in [3.8, 4) is 0 Å². The van der Waals surface area contributed by atoms with E-state index in [4.69, 9.17) is 4.74 Å². The SMILES string of the molecule is COC(C(F)F)C1CCNCC1.Cl. The monoisotopic (exact) mass is 215 g/mol. The molecule has 1 atom stereocenters. The van der Waals surface area contributed by atoms with E-state index in [0.29, 0.717) is 0 Å². The fourth-order valence-electron chi connectivity index (χ4n) is 1.67. The second-order valence-electron chi connectivity index (χ2n) is 3.12. The summed E-state index contributed by atoms with van der Waals surface area (Å²) in [5, 5.41) is 3.13. The number of halogens is 3. The Morgan fingerprint density at radius 3 is 2.23 bits per heavy atom. The zero-order valence-electron chi connectivity index (χ0n) is 7.63. The van der Waals surface area contributed by atoms with Gasteiger partial charge in [-0.2, -0.15) is 0 Å². The summed E-state index contributed by atoms with van der Waals surface area (Å²) in [5.74, 6) is 0.0243. The van der Waals surface area contributed by atoms with E-state index in [2.05, 4.69) is 5.32 Å². The minimum Gasteiger partial charge on any atom is -0.375 e. The first kappa shape index (κ1) is 13.1. The minimum atomic E-state index is -2.35. The lowest BCUT2D eigenvalue weighted by Crippen LogP contribution is -2.38. The lowest BCUT2D eigenvalue weighted by molar-refractivity contribution is -0.0704. The Morgan fingerprint density at radius 1 is 1.31 bits per heavy atom. The lowest BCUT2D eigenvalue weighted by atomic mass is 9.92. The third-order valence-electron chi connectivity index (χ3n) is 2.37. The number of hydrogen-bond acceptors (Lipinski definition) is 2. The fourth-order valence-corrected chi connectivity index (χ4v) is 1.67. The molecule has 1 aliphatic rings. The van der Waals surface area contributed by atoms with Crippen molar-refractivity contribution in [2.75, 3.05) is 20.2 Å². The van der Waals surface area contributed by atoms with Crippen molar-refractivity contribution in [3.63, 3.8) is 0 Å². The second kappa shape index (κ2) is 6.51. The summed E-state index contributed by atoms with van der Waals surface area (Å²) in [7, 11) is 1.36. The van der Waals surface area contributed by atoms with Crippen LogP contribution in [0.1, 0.15) is 12.8 Å². The Kier molecular flexibility index (Phi) is 6.55. The molecule has 1 heterocycles. The lowest BCUT2D eigenvalue weighted by Gasteiger charge is -2.28. The highest BCUT2D eigenvalue weighted by molar-refractivity contribution is 5.85. The summed E-state index contributed by atoms with van der Waals surface area (Å²) in [6, 6.07) is 0. The van der Waals surface area contributed by atoms with Crippen LogP contribution in [0.4, 0.5) is 8.78 Å². The molecular formula is C8H16ClF2NO. The maximum atomic E-state index is 12.3. The molecule has 0 amide bonds. The van der Waals surface area contributed by atoms with Crippen LogP contribution in [0.25, 0.3) is 0 Å². The van der Waals surface area contributed by atoms with Gasteiger partial charge in [0.1, 0.15) is 6.10 Å². The number of hydrogen-bond donors (Lipinski definition) is 1. The molecule has 0 aromatic heterocycles. The molecule has 0 aromatic carbocycles. The Balaban J connectivity index is 0.00000144. The highest BCUT2D eigenvalue weighted by atomic mass is 35.5. The van der Waals surface area contributed by atoms with Crippen molar-refractivity contribution in [1.82, 2.24) is 5.32 Å². The van der Waals surface area contributed by atoms with Gasteiger partial charge in [0.15, 0.2) is 0 Å². The van der Waals surface area contributed by atoms with Crippen molar-refractivity contribution in [2.24, 2.45) is 5.92 Å². The van der Waals surface area contributed by atoms with Crippen LogP contribution in [-0.2, 0) is 4.74 Å². The van der Waals surface area contributed by atoms with Gasteiger partial charge in [-0.15, -0.1) is 12.4 Å². The van der Waals surface area contributed by atoms with E-state index in [1.165, 1.54) is 7.11 Å². The molecule has 1 aliphatic heterocycles. The first-order valence-corrected chi connectivity index (χ1v) is 4.27. The average Bonchev–Trinajstić information content (AvgIpc) is 2.07. The van der Waals surface area contributed by atoms with E-state index in [9.17, 15) is 8.78 Å². The van der Waals surface area contributed by atoms with Gasteiger partial charge in [0.2, 0.25) is 0 Å². The topological polar surface area (TPSA) is 21.3 Å². The molecule has 1 fully saturated rings. The maximum absolute atomic E-state index is 12.3. The van der Waals surface area contributed by atoms with Crippen LogP contribution >= 0.6 is 12.4 Å². The van der Waals surface area contributed by atoms with Gasteiger partial charge >= 0.3 is 0 Å². The molecule has 0 aliphatic carbocycles. The normalized spacial score (nSPS) is 21.2. The van der Waals surface area contributed by atoms with Gasteiger partial charge in [-0.05, 0) is 31.8 Å². The van der Waals surface area contributed by atoms with Gasteiger partial charge in [-0.3, -0.25) is 0 Å². The second-order valence-corrected chi connectivity index (χ2v) is 3.12. The van der Waals surface area contributed by atoms with Crippen LogP contribution in [0, 0.1) is 5.92 Å². The van der Waals surface area contributed by atoms with Gasteiger partial charge in [0, 0.05) is 7.11 Å². The predicted molar refractivity (Wildman–Crippen MR) is 49.6 cm³/mol. The van der Waals surface area contributed by atoms with Crippen molar-refractivity contribution in [2.45, 2.75) is 25.4 Å². The van der Waals surface area contributed by atoms with E-state index in [-0.39, 0.29) is 18.3 Å². The molecule has 0 aromatic rings. The van der Waals surface area contributed by atoms with Gasteiger partial charge in [-0.1, -0.05) is 0 Å². The van der Waals surface area contributed by atoms with E-state index >= 15 is 0 Å². The molecule has 2 nitrogen and oxygen atoms in total. The number of piperidine rings is 1. The largest absolute Gasteiger partial charge is 0.375 e. The number of rotatable bonds is 3. The van der Waals surface area contributed by atoms with Gasteiger partial charge in [0.25, 0.3) is 6.43 Å². The number of ether oxygens (including phenoxy) is 1. The quantitative estimate of drug-likeness (QED) is 0.774. The fraction of sp³-hybridized carbons (Fsp3) is 1.00. The number of methoxy groups -OCH3 is 1. The highest BCUT2D eigenvalue weighted by Crippen LogP contribution is 2.23. The molecule has 0 bridgehead atoms. The van der Waals surface area contributed by atoms with E-state index in [0.717, 1.165) is 25.9 Å². The molecule has 5 heteroatoms. The van der Waals surface area contributed by atoms with E-state index in [1.54, 1.807) is 0 Å². The summed E-state index contributed by atoms with van der Waals surface area (Å²) >= 11 is 0. The number of alkyl halides is 2. The Morgan fingerprint density at radius 2 is 1.85 bits per heavy atom. The third-order valence-corrected chi connectivity index (χ3v) is 2.37. The van der Waals surface area contributed by atoms with E-state index < -0.39 is 12.5 Å². The maximum Gasteiger partial charge on any atom is 0.264 e. The molecule has 80 valence electrons. The molecule has 1 rings (SSSR count). The summed E-state index contributed by atoms with van der Waals surface area (Å²) in [6.07, 6.45) is -1.63. The van der Waals surface area contributed by atoms with Crippen LogP contribution in [0.15, 0.2) is 0 Å². The molecule has 1 N–H and O–H groups in total. The smallest absolute Gasteiger partial charge is 0.264 e. The summed E-state index contributed by atoms with van der Waals surface area (Å²) < 4.78 is 29.5. The summed E-state index contributed by atoms with van der Waals surface area (Å²) in [5.41, 5.74) is 0. The highest BCUT2D eigenvalue weighted by Gasteiger charge is 2.30. The summed E-state index contributed by atoms with van der Waals surface area (Å²) in [6.45, 7) is 1.66. The zero-order valence-corrected chi connectivity index (χ0v) is 8.45. The summed E-state index contributed by atoms with van der Waals surface area (Å²) in [4.78, 5) is 0. The van der Waals surface area contributed by atoms with Crippen LogP contribution in [0.3, 0.4) is 0 Å². The Labute approximate surface area is 83.4 Å². The van der Waals surface area contributed by atoms with Crippen molar-refractivity contribution in [3.05, 3.63) is 0 Å². The predicted octanol–water partition coefficient (Wildman–Crippen LogP) is 1.69. The minimum absolute atomic E-state index is 0. The molecule has 0 radical (unpaired) electrons. The first-order chi connectivity index (χ1) is 5.75. The zero-order chi connectivity index (χ0) is 8.97. The van der Waals surface area contributed by atoms with Crippen molar-refractivity contribution in [1.29, 1.82) is 0 Å². The molecule has 1 saturated heterocycles. The van der Waals surface area contributed by atoms with Gasteiger partial charge in [-0.25, -0.2) is 8.78 Å². The molecule has 0 spiro atoms. The molecular weight excluding hydrogens is 200 g/mol. The molecule has 1 unspecified atom stereocenters.